The molecule has 0 aliphatic rings. The first-order valence-corrected chi connectivity index (χ1v) is 8.17. The predicted octanol–water partition coefficient (Wildman–Crippen LogP) is 3.32. The zero-order valence-corrected chi connectivity index (χ0v) is 13.3. The molecule has 1 atom stereocenters. The highest BCUT2D eigenvalue weighted by molar-refractivity contribution is 7.99. The van der Waals surface area contributed by atoms with E-state index in [0.717, 1.165) is 23.1 Å². The molecule has 0 saturated heterocycles. The molecule has 2 aromatic rings. The lowest BCUT2D eigenvalue weighted by Crippen LogP contribution is -2.23. The average molecular weight is 303 g/mol. The minimum Gasteiger partial charge on any atom is -0.494 e. The molecule has 0 aliphatic heterocycles. The molecule has 0 radical (unpaired) electrons. The lowest BCUT2D eigenvalue weighted by molar-refractivity contribution is 0.333. The molecular weight excluding hydrogens is 282 g/mol. The van der Waals surface area contributed by atoms with E-state index in [0.29, 0.717) is 6.61 Å². The van der Waals surface area contributed by atoms with Crippen LogP contribution in [0.2, 0.25) is 0 Å². The van der Waals surface area contributed by atoms with Gasteiger partial charge in [0, 0.05) is 29.8 Å². The van der Waals surface area contributed by atoms with Crippen molar-refractivity contribution in [3.8, 4) is 5.75 Å². The smallest absolute Gasteiger partial charge is 0.124 e. The number of hydrogen-bond acceptors (Lipinski definition) is 5. The Bertz CT molecular complexity index is 536. The lowest BCUT2D eigenvalue weighted by atomic mass is 10.1. The molecule has 1 aromatic carbocycles. The molecule has 1 heterocycles. The van der Waals surface area contributed by atoms with E-state index in [-0.39, 0.29) is 6.04 Å². The normalized spacial score (nSPS) is 12.1. The summed E-state index contributed by atoms with van der Waals surface area (Å²) in [5.74, 6) is 1.84. The largest absolute Gasteiger partial charge is 0.494 e. The third-order valence-electron chi connectivity index (χ3n) is 2.98. The van der Waals surface area contributed by atoms with E-state index < -0.39 is 0 Å². The van der Waals surface area contributed by atoms with Crippen LogP contribution in [0, 0.1) is 0 Å². The summed E-state index contributed by atoms with van der Waals surface area (Å²) in [4.78, 5) is 8.40. The Morgan fingerprint density at radius 2 is 2.10 bits per heavy atom. The van der Waals surface area contributed by atoms with E-state index in [1.807, 2.05) is 19.1 Å². The fourth-order valence-electron chi connectivity index (χ4n) is 2.09. The van der Waals surface area contributed by atoms with Gasteiger partial charge >= 0.3 is 0 Å². The van der Waals surface area contributed by atoms with Gasteiger partial charge in [-0.25, -0.2) is 4.98 Å². The maximum absolute atomic E-state index is 5.74. The second-order valence-corrected chi connectivity index (χ2v) is 5.48. The summed E-state index contributed by atoms with van der Waals surface area (Å²) in [6.07, 6.45) is 5.21. The molecule has 0 aliphatic carbocycles. The van der Waals surface area contributed by atoms with E-state index >= 15 is 0 Å². The molecule has 1 N–H and O–H groups in total. The standard InChI is InChI=1S/C16H21N3OS/c1-3-18-14(12-21-16-11-17-9-10-19-16)13-7-5-6-8-15(13)20-4-2/h5-11,14,18H,3-4,12H2,1-2H3. The SMILES string of the molecule is CCNC(CSc1cnccn1)c1ccccc1OCC. The topological polar surface area (TPSA) is 47.0 Å². The number of nitrogens with one attached hydrogen (secondary N) is 1. The molecule has 0 amide bonds. The van der Waals surface area contributed by atoms with Gasteiger partial charge in [-0.3, -0.25) is 4.98 Å². The summed E-state index contributed by atoms with van der Waals surface area (Å²) in [5, 5.41) is 4.46. The van der Waals surface area contributed by atoms with Gasteiger partial charge in [0.25, 0.3) is 0 Å². The van der Waals surface area contributed by atoms with Crippen molar-refractivity contribution in [2.24, 2.45) is 0 Å². The molecule has 4 nitrogen and oxygen atoms in total. The number of benzene rings is 1. The maximum Gasteiger partial charge on any atom is 0.124 e. The number of ether oxygens (including phenoxy) is 1. The Kier molecular flexibility index (Phi) is 6.50. The number of rotatable bonds is 8. The van der Waals surface area contributed by atoms with E-state index in [2.05, 4.69) is 34.3 Å². The van der Waals surface area contributed by atoms with Crippen LogP contribution in [0.4, 0.5) is 0 Å². The summed E-state index contributed by atoms with van der Waals surface area (Å²) in [5.41, 5.74) is 1.19. The maximum atomic E-state index is 5.74. The number of hydrogen-bond donors (Lipinski definition) is 1. The second kappa shape index (κ2) is 8.64. The molecule has 0 fully saturated rings. The van der Waals surface area contributed by atoms with Crippen molar-refractivity contribution in [1.82, 2.24) is 15.3 Å². The quantitative estimate of drug-likeness (QED) is 0.758. The van der Waals surface area contributed by atoms with Gasteiger partial charge in [0.05, 0.1) is 12.8 Å². The monoisotopic (exact) mass is 303 g/mol. The summed E-state index contributed by atoms with van der Waals surface area (Å²) < 4.78 is 5.74. The summed E-state index contributed by atoms with van der Waals surface area (Å²) in [6, 6.07) is 8.43. The van der Waals surface area contributed by atoms with Gasteiger partial charge in [-0.05, 0) is 19.5 Å². The van der Waals surface area contributed by atoms with Crippen LogP contribution in [-0.4, -0.2) is 28.9 Å². The molecular formula is C16H21N3OS. The van der Waals surface area contributed by atoms with Crippen molar-refractivity contribution in [3.63, 3.8) is 0 Å². The molecule has 5 heteroatoms. The summed E-state index contributed by atoms with van der Waals surface area (Å²) in [6.45, 7) is 5.70. The van der Waals surface area contributed by atoms with Gasteiger partial charge in [-0.1, -0.05) is 25.1 Å². The van der Waals surface area contributed by atoms with Crippen LogP contribution in [0.25, 0.3) is 0 Å². The highest BCUT2D eigenvalue weighted by Crippen LogP contribution is 2.29. The van der Waals surface area contributed by atoms with Crippen LogP contribution >= 0.6 is 11.8 Å². The summed E-state index contributed by atoms with van der Waals surface area (Å²) >= 11 is 1.70. The first-order valence-electron chi connectivity index (χ1n) is 7.19. The average Bonchev–Trinajstić information content (AvgIpc) is 2.53. The molecule has 21 heavy (non-hydrogen) atoms. The highest BCUT2D eigenvalue weighted by Gasteiger charge is 2.15. The van der Waals surface area contributed by atoms with Crippen LogP contribution in [0.5, 0.6) is 5.75 Å². The van der Waals surface area contributed by atoms with Crippen LogP contribution in [0.3, 0.4) is 0 Å². The number of para-hydroxylation sites is 1. The lowest BCUT2D eigenvalue weighted by Gasteiger charge is -2.20. The molecule has 112 valence electrons. The van der Waals surface area contributed by atoms with Gasteiger partial charge in [-0.15, -0.1) is 11.8 Å². The minimum atomic E-state index is 0.227. The van der Waals surface area contributed by atoms with Crippen LogP contribution in [0.1, 0.15) is 25.5 Å². The van der Waals surface area contributed by atoms with Gasteiger partial charge in [-0.2, -0.15) is 0 Å². The molecule has 0 spiro atoms. The van der Waals surface area contributed by atoms with E-state index in [4.69, 9.17) is 4.74 Å². The fourth-order valence-corrected chi connectivity index (χ4v) is 2.99. The number of thioether (sulfide) groups is 1. The zero-order chi connectivity index (χ0) is 14.9. The molecule has 1 unspecified atom stereocenters. The predicted molar refractivity (Wildman–Crippen MR) is 86.8 cm³/mol. The van der Waals surface area contributed by atoms with Crippen LogP contribution < -0.4 is 10.1 Å². The van der Waals surface area contributed by atoms with Gasteiger partial charge < -0.3 is 10.1 Å². The third kappa shape index (κ3) is 4.72. The molecule has 0 bridgehead atoms. The Morgan fingerprint density at radius 1 is 1.24 bits per heavy atom. The van der Waals surface area contributed by atoms with Crippen LogP contribution in [-0.2, 0) is 0 Å². The minimum absolute atomic E-state index is 0.227. The van der Waals surface area contributed by atoms with Crippen molar-refractivity contribution in [2.75, 3.05) is 18.9 Å². The summed E-state index contributed by atoms with van der Waals surface area (Å²) in [7, 11) is 0. The second-order valence-electron chi connectivity index (χ2n) is 4.44. The van der Waals surface area contributed by atoms with E-state index in [9.17, 15) is 0 Å². The first kappa shape index (κ1) is 15.8. The Hall–Kier alpha value is -1.59. The number of aromatic nitrogens is 2. The third-order valence-corrected chi connectivity index (χ3v) is 3.99. The molecule has 0 saturated carbocycles. The number of nitrogens with zero attached hydrogens (tertiary/aromatic N) is 2. The van der Waals surface area contributed by atoms with Gasteiger partial charge in [0.2, 0.25) is 0 Å². The van der Waals surface area contributed by atoms with Crippen LogP contribution in [0.15, 0.2) is 47.9 Å². The molecule has 1 aromatic heterocycles. The van der Waals surface area contributed by atoms with Crippen molar-refractivity contribution < 1.29 is 4.74 Å². The van der Waals surface area contributed by atoms with E-state index in [1.165, 1.54) is 5.56 Å². The van der Waals surface area contributed by atoms with Gasteiger partial charge in [0.1, 0.15) is 10.8 Å². The van der Waals surface area contributed by atoms with Crippen molar-refractivity contribution >= 4 is 11.8 Å². The Morgan fingerprint density at radius 3 is 2.81 bits per heavy atom. The van der Waals surface area contributed by atoms with Crippen molar-refractivity contribution in [1.29, 1.82) is 0 Å². The Balaban J connectivity index is 2.11. The first-order chi connectivity index (χ1) is 10.3. The van der Waals surface area contributed by atoms with E-state index in [1.54, 1.807) is 30.4 Å². The Labute approximate surface area is 130 Å². The zero-order valence-electron chi connectivity index (χ0n) is 12.5. The van der Waals surface area contributed by atoms with Crippen molar-refractivity contribution in [3.05, 3.63) is 48.4 Å². The fraction of sp³-hybridized carbons (Fsp3) is 0.375. The molecule has 2 rings (SSSR count). The highest BCUT2D eigenvalue weighted by atomic mass is 32.2. The van der Waals surface area contributed by atoms with Gasteiger partial charge in [0.15, 0.2) is 0 Å². The van der Waals surface area contributed by atoms with Crippen molar-refractivity contribution in [2.45, 2.75) is 24.9 Å².